The maximum absolute atomic E-state index is 13.8. The Morgan fingerprint density at radius 1 is 1.35 bits per heavy atom. The summed E-state index contributed by atoms with van der Waals surface area (Å²) in [4.78, 5) is 15.5. The quantitative estimate of drug-likeness (QED) is 0.836. The maximum atomic E-state index is 13.8. The predicted octanol–water partition coefficient (Wildman–Crippen LogP) is 3.37. The van der Waals surface area contributed by atoms with Gasteiger partial charge >= 0.3 is 0 Å². The molecule has 2 rings (SSSR count). The van der Waals surface area contributed by atoms with Gasteiger partial charge in [-0.3, -0.25) is 4.79 Å². The lowest BCUT2D eigenvalue weighted by molar-refractivity contribution is 0.0828. The van der Waals surface area contributed by atoms with E-state index in [2.05, 4.69) is 4.90 Å². The van der Waals surface area contributed by atoms with E-state index in [0.717, 1.165) is 5.69 Å². The fraction of sp³-hybridized carbons (Fsp3) is 0.533. The van der Waals surface area contributed by atoms with Crippen LogP contribution in [0.1, 0.15) is 30.1 Å². The van der Waals surface area contributed by atoms with Crippen molar-refractivity contribution in [3.05, 3.63) is 28.8 Å². The van der Waals surface area contributed by atoms with E-state index in [1.807, 2.05) is 6.07 Å². The van der Waals surface area contributed by atoms with Gasteiger partial charge in [0.25, 0.3) is 5.91 Å². The van der Waals surface area contributed by atoms with Crippen LogP contribution in [0.15, 0.2) is 18.2 Å². The number of nitrogens with zero attached hydrogens (tertiary/aromatic N) is 2. The van der Waals surface area contributed by atoms with Crippen molar-refractivity contribution in [3.63, 3.8) is 0 Å². The minimum absolute atomic E-state index is 0.114. The van der Waals surface area contributed by atoms with E-state index in [4.69, 9.17) is 11.6 Å². The SMILES string of the molecule is CN(C)C(=O)c1ccc(N2CCC(C)(F)CC2)cc1Cl. The van der Waals surface area contributed by atoms with Crippen LogP contribution in [0.3, 0.4) is 0 Å². The Labute approximate surface area is 124 Å². The second kappa shape index (κ2) is 5.60. The molecule has 20 heavy (non-hydrogen) atoms. The number of hydrogen-bond donors (Lipinski definition) is 0. The van der Waals surface area contributed by atoms with Gasteiger partial charge in [0, 0.05) is 32.9 Å². The molecule has 1 aromatic carbocycles. The first-order chi connectivity index (χ1) is 9.30. The van der Waals surface area contributed by atoms with Crippen LogP contribution < -0.4 is 4.90 Å². The van der Waals surface area contributed by atoms with E-state index < -0.39 is 5.67 Å². The molecular formula is C15H20ClFN2O. The third-order valence-electron chi connectivity index (χ3n) is 3.76. The lowest BCUT2D eigenvalue weighted by Gasteiger charge is -2.35. The fourth-order valence-corrected chi connectivity index (χ4v) is 2.60. The average Bonchev–Trinajstić information content (AvgIpc) is 2.37. The zero-order chi connectivity index (χ0) is 14.9. The highest BCUT2D eigenvalue weighted by atomic mass is 35.5. The molecule has 0 bridgehead atoms. The second-order valence-corrected chi connectivity index (χ2v) is 6.17. The number of alkyl halides is 1. The first kappa shape index (κ1) is 15.1. The summed E-state index contributed by atoms with van der Waals surface area (Å²) in [7, 11) is 3.39. The lowest BCUT2D eigenvalue weighted by atomic mass is 9.95. The molecule has 0 aliphatic carbocycles. The van der Waals surface area contributed by atoms with Gasteiger partial charge in [-0.2, -0.15) is 0 Å². The molecule has 0 spiro atoms. The smallest absolute Gasteiger partial charge is 0.254 e. The topological polar surface area (TPSA) is 23.6 Å². The first-order valence-corrected chi connectivity index (χ1v) is 7.13. The number of piperidine rings is 1. The number of carbonyl (C=O) groups excluding carboxylic acids is 1. The van der Waals surface area contributed by atoms with Crippen molar-refractivity contribution in [1.29, 1.82) is 0 Å². The Kier molecular flexibility index (Phi) is 4.23. The van der Waals surface area contributed by atoms with Gasteiger partial charge in [0.05, 0.1) is 10.6 Å². The van der Waals surface area contributed by atoms with E-state index in [9.17, 15) is 9.18 Å². The summed E-state index contributed by atoms with van der Waals surface area (Å²) < 4.78 is 13.8. The number of amides is 1. The molecule has 1 fully saturated rings. The van der Waals surface area contributed by atoms with Crippen LogP contribution in [-0.2, 0) is 0 Å². The predicted molar refractivity (Wildman–Crippen MR) is 80.4 cm³/mol. The number of carbonyl (C=O) groups is 1. The van der Waals surface area contributed by atoms with E-state index in [1.165, 1.54) is 4.90 Å². The molecular weight excluding hydrogens is 279 g/mol. The number of rotatable bonds is 2. The van der Waals surface area contributed by atoms with Crippen molar-refractivity contribution >= 4 is 23.2 Å². The summed E-state index contributed by atoms with van der Waals surface area (Å²) in [6.45, 7) is 2.99. The zero-order valence-corrected chi connectivity index (χ0v) is 12.9. The number of hydrogen-bond acceptors (Lipinski definition) is 2. The van der Waals surface area contributed by atoms with Crippen molar-refractivity contribution in [3.8, 4) is 0 Å². The molecule has 0 atom stereocenters. The minimum atomic E-state index is -1.07. The van der Waals surface area contributed by atoms with E-state index in [0.29, 0.717) is 36.5 Å². The molecule has 5 heteroatoms. The summed E-state index contributed by atoms with van der Waals surface area (Å²) in [5, 5.41) is 0.440. The van der Waals surface area contributed by atoms with E-state index >= 15 is 0 Å². The second-order valence-electron chi connectivity index (χ2n) is 5.76. The van der Waals surface area contributed by atoms with Gasteiger partial charge in [0.15, 0.2) is 0 Å². The number of anilines is 1. The number of benzene rings is 1. The Balaban J connectivity index is 2.16. The summed E-state index contributed by atoms with van der Waals surface area (Å²) in [6, 6.07) is 5.41. The van der Waals surface area contributed by atoms with Gasteiger partial charge in [-0.15, -0.1) is 0 Å². The van der Waals surface area contributed by atoms with Crippen molar-refractivity contribution < 1.29 is 9.18 Å². The largest absolute Gasteiger partial charge is 0.371 e. The third kappa shape index (κ3) is 3.23. The Morgan fingerprint density at radius 2 is 1.95 bits per heavy atom. The molecule has 1 aliphatic heterocycles. The highest BCUT2D eigenvalue weighted by Crippen LogP contribution is 2.31. The van der Waals surface area contributed by atoms with Crippen LogP contribution in [0.25, 0.3) is 0 Å². The molecule has 110 valence electrons. The van der Waals surface area contributed by atoms with Crippen LogP contribution in [0.4, 0.5) is 10.1 Å². The van der Waals surface area contributed by atoms with E-state index in [1.54, 1.807) is 33.2 Å². The molecule has 1 saturated heterocycles. The Morgan fingerprint density at radius 3 is 2.45 bits per heavy atom. The summed E-state index contributed by atoms with van der Waals surface area (Å²) >= 11 is 6.20. The van der Waals surface area contributed by atoms with Crippen molar-refractivity contribution in [1.82, 2.24) is 4.90 Å². The molecule has 0 N–H and O–H groups in total. The first-order valence-electron chi connectivity index (χ1n) is 6.75. The molecule has 0 radical (unpaired) electrons. The van der Waals surface area contributed by atoms with Gasteiger partial charge in [-0.25, -0.2) is 4.39 Å². The van der Waals surface area contributed by atoms with Crippen LogP contribution in [0.5, 0.6) is 0 Å². The van der Waals surface area contributed by atoms with Gasteiger partial charge in [-0.1, -0.05) is 11.6 Å². The zero-order valence-electron chi connectivity index (χ0n) is 12.1. The van der Waals surface area contributed by atoms with Gasteiger partial charge in [0.2, 0.25) is 0 Å². The third-order valence-corrected chi connectivity index (χ3v) is 4.07. The minimum Gasteiger partial charge on any atom is -0.371 e. The van der Waals surface area contributed by atoms with Gasteiger partial charge < -0.3 is 9.80 Å². The van der Waals surface area contributed by atoms with Crippen molar-refractivity contribution in [2.45, 2.75) is 25.4 Å². The van der Waals surface area contributed by atoms with Gasteiger partial charge in [0.1, 0.15) is 5.67 Å². The molecule has 1 aromatic rings. The van der Waals surface area contributed by atoms with Crippen LogP contribution >= 0.6 is 11.6 Å². The van der Waals surface area contributed by atoms with Crippen LogP contribution in [-0.4, -0.2) is 43.7 Å². The van der Waals surface area contributed by atoms with Crippen LogP contribution in [0.2, 0.25) is 5.02 Å². The summed E-state index contributed by atoms with van der Waals surface area (Å²) in [6.07, 6.45) is 1.03. The Hall–Kier alpha value is -1.29. The molecule has 1 heterocycles. The van der Waals surface area contributed by atoms with E-state index in [-0.39, 0.29) is 5.91 Å². The fourth-order valence-electron chi connectivity index (χ4n) is 2.35. The van der Waals surface area contributed by atoms with Crippen LogP contribution in [0, 0.1) is 0 Å². The number of halogens is 2. The molecule has 3 nitrogen and oxygen atoms in total. The molecule has 0 aromatic heterocycles. The lowest BCUT2D eigenvalue weighted by Crippen LogP contribution is -2.40. The molecule has 0 saturated carbocycles. The molecule has 1 aliphatic rings. The summed E-state index contributed by atoms with van der Waals surface area (Å²) in [5.41, 5.74) is 0.370. The van der Waals surface area contributed by atoms with Crippen molar-refractivity contribution in [2.24, 2.45) is 0 Å². The highest BCUT2D eigenvalue weighted by molar-refractivity contribution is 6.34. The maximum Gasteiger partial charge on any atom is 0.254 e. The highest BCUT2D eigenvalue weighted by Gasteiger charge is 2.29. The average molecular weight is 299 g/mol. The molecule has 0 unspecified atom stereocenters. The monoisotopic (exact) mass is 298 g/mol. The van der Waals surface area contributed by atoms with Gasteiger partial charge in [-0.05, 0) is 38.0 Å². The molecule has 1 amide bonds. The Bertz CT molecular complexity index is 507. The normalized spacial score (nSPS) is 17.9. The summed E-state index contributed by atoms with van der Waals surface area (Å²) in [5.74, 6) is -0.114. The van der Waals surface area contributed by atoms with Crippen molar-refractivity contribution in [2.75, 3.05) is 32.1 Å². The standard InChI is InChI=1S/C15H20ClFN2O/c1-15(17)6-8-19(9-7-15)11-4-5-12(13(16)10-11)14(20)18(2)3/h4-5,10H,6-9H2,1-3H3.